The summed E-state index contributed by atoms with van der Waals surface area (Å²) in [6.07, 6.45) is -0.189. The van der Waals surface area contributed by atoms with Crippen LogP contribution in [0.15, 0.2) is 10.6 Å². The SMILES string of the molecule is Cc1cc(NC(=O)CC(=O)N2CCOCC2)no1. The van der Waals surface area contributed by atoms with Gasteiger partial charge in [0.15, 0.2) is 5.82 Å². The van der Waals surface area contributed by atoms with Gasteiger partial charge in [-0.1, -0.05) is 5.16 Å². The summed E-state index contributed by atoms with van der Waals surface area (Å²) in [6.45, 7) is 3.84. The molecule has 0 radical (unpaired) electrons. The Morgan fingerprint density at radius 3 is 2.78 bits per heavy atom. The lowest BCUT2D eigenvalue weighted by Crippen LogP contribution is -2.41. The summed E-state index contributed by atoms with van der Waals surface area (Å²) in [7, 11) is 0. The van der Waals surface area contributed by atoms with Crippen molar-refractivity contribution in [2.24, 2.45) is 0 Å². The Hall–Kier alpha value is -1.89. The molecule has 0 bridgehead atoms. The van der Waals surface area contributed by atoms with Crippen LogP contribution < -0.4 is 5.32 Å². The smallest absolute Gasteiger partial charge is 0.235 e. The van der Waals surface area contributed by atoms with Crippen LogP contribution in [0.25, 0.3) is 0 Å². The fraction of sp³-hybridized carbons (Fsp3) is 0.545. The average Bonchev–Trinajstić information content (AvgIpc) is 2.75. The summed E-state index contributed by atoms with van der Waals surface area (Å²) < 4.78 is 9.95. The van der Waals surface area contributed by atoms with Gasteiger partial charge in [0.25, 0.3) is 0 Å². The van der Waals surface area contributed by atoms with E-state index in [2.05, 4.69) is 10.5 Å². The van der Waals surface area contributed by atoms with Crippen molar-refractivity contribution in [1.29, 1.82) is 0 Å². The standard InChI is InChI=1S/C11H15N3O4/c1-8-6-9(13-18-8)12-10(15)7-11(16)14-2-4-17-5-3-14/h6H,2-5,7H2,1H3,(H,12,13,15). The van der Waals surface area contributed by atoms with Gasteiger partial charge in [-0.15, -0.1) is 0 Å². The molecule has 0 spiro atoms. The van der Waals surface area contributed by atoms with Crippen LogP contribution in [0.4, 0.5) is 5.82 Å². The first-order valence-electron chi connectivity index (χ1n) is 5.74. The van der Waals surface area contributed by atoms with E-state index < -0.39 is 0 Å². The number of rotatable bonds is 3. The maximum absolute atomic E-state index is 11.8. The van der Waals surface area contributed by atoms with Crippen molar-refractivity contribution >= 4 is 17.6 Å². The van der Waals surface area contributed by atoms with Gasteiger partial charge in [0.1, 0.15) is 12.2 Å². The van der Waals surface area contributed by atoms with Gasteiger partial charge in [-0.3, -0.25) is 9.59 Å². The molecule has 1 saturated heterocycles. The van der Waals surface area contributed by atoms with E-state index in [1.54, 1.807) is 17.9 Å². The van der Waals surface area contributed by atoms with Gasteiger partial charge < -0.3 is 19.5 Å². The zero-order valence-corrected chi connectivity index (χ0v) is 10.1. The van der Waals surface area contributed by atoms with E-state index in [1.807, 2.05) is 0 Å². The minimum absolute atomic E-state index is 0.189. The summed E-state index contributed by atoms with van der Waals surface area (Å²) in [5.74, 6) is 0.341. The van der Waals surface area contributed by atoms with E-state index in [4.69, 9.17) is 9.26 Å². The van der Waals surface area contributed by atoms with Gasteiger partial charge in [0.05, 0.1) is 13.2 Å². The molecular weight excluding hydrogens is 238 g/mol. The summed E-state index contributed by atoms with van der Waals surface area (Å²) in [5.41, 5.74) is 0. The molecule has 18 heavy (non-hydrogen) atoms. The molecule has 98 valence electrons. The Morgan fingerprint density at radius 1 is 1.44 bits per heavy atom. The minimum atomic E-state index is -0.389. The highest BCUT2D eigenvalue weighted by atomic mass is 16.5. The van der Waals surface area contributed by atoms with Gasteiger partial charge in [0.2, 0.25) is 11.8 Å². The topological polar surface area (TPSA) is 84.7 Å². The maximum Gasteiger partial charge on any atom is 0.235 e. The fourth-order valence-corrected chi connectivity index (χ4v) is 1.67. The monoisotopic (exact) mass is 253 g/mol. The molecule has 1 fully saturated rings. The van der Waals surface area contributed by atoms with Crippen LogP contribution in [-0.2, 0) is 14.3 Å². The van der Waals surface area contributed by atoms with Gasteiger partial charge >= 0.3 is 0 Å². The number of amides is 2. The van der Waals surface area contributed by atoms with Crippen LogP contribution in [0.5, 0.6) is 0 Å². The number of hydrogen-bond donors (Lipinski definition) is 1. The first-order chi connectivity index (χ1) is 8.65. The van der Waals surface area contributed by atoms with Crippen molar-refractivity contribution in [2.45, 2.75) is 13.3 Å². The molecule has 2 amide bonds. The molecule has 2 rings (SSSR count). The Labute approximate surface area is 104 Å². The van der Waals surface area contributed by atoms with Crippen molar-refractivity contribution in [3.63, 3.8) is 0 Å². The first kappa shape index (κ1) is 12.6. The largest absolute Gasteiger partial charge is 0.378 e. The number of aromatic nitrogens is 1. The molecule has 1 aliphatic rings. The predicted octanol–water partition coefficient (Wildman–Crippen LogP) is 0.170. The van der Waals surface area contributed by atoms with Crippen molar-refractivity contribution in [3.05, 3.63) is 11.8 Å². The average molecular weight is 253 g/mol. The lowest BCUT2D eigenvalue weighted by molar-refractivity contribution is -0.138. The molecule has 0 atom stereocenters. The highest BCUT2D eigenvalue weighted by Crippen LogP contribution is 2.08. The number of carbonyl (C=O) groups excluding carboxylic acids is 2. The molecule has 0 aliphatic carbocycles. The van der Waals surface area contributed by atoms with Crippen molar-refractivity contribution < 1.29 is 18.8 Å². The van der Waals surface area contributed by atoms with Gasteiger partial charge in [0, 0.05) is 19.2 Å². The zero-order valence-electron chi connectivity index (χ0n) is 10.1. The number of morpholine rings is 1. The van der Waals surface area contributed by atoms with Crippen LogP contribution >= 0.6 is 0 Å². The molecule has 2 heterocycles. The second kappa shape index (κ2) is 5.63. The molecule has 1 N–H and O–H groups in total. The lowest BCUT2D eigenvalue weighted by atomic mass is 10.3. The molecule has 7 heteroatoms. The highest BCUT2D eigenvalue weighted by Gasteiger charge is 2.19. The summed E-state index contributed by atoms with van der Waals surface area (Å²) >= 11 is 0. The Morgan fingerprint density at radius 2 is 2.17 bits per heavy atom. The Balaban J connectivity index is 1.81. The van der Waals surface area contributed by atoms with E-state index in [-0.39, 0.29) is 18.2 Å². The van der Waals surface area contributed by atoms with E-state index in [1.165, 1.54) is 0 Å². The summed E-state index contributed by atoms with van der Waals surface area (Å²) in [6, 6.07) is 1.59. The third-order valence-electron chi connectivity index (χ3n) is 2.57. The Kier molecular flexibility index (Phi) is 3.93. The van der Waals surface area contributed by atoms with E-state index in [0.29, 0.717) is 37.9 Å². The number of ether oxygens (including phenoxy) is 1. The number of nitrogens with one attached hydrogen (secondary N) is 1. The molecule has 1 aromatic heterocycles. The number of carbonyl (C=O) groups is 2. The van der Waals surface area contributed by atoms with Crippen LogP contribution in [0, 0.1) is 6.92 Å². The van der Waals surface area contributed by atoms with Gasteiger partial charge in [-0.05, 0) is 6.92 Å². The molecular formula is C11H15N3O4. The third kappa shape index (κ3) is 3.30. The summed E-state index contributed by atoms with van der Waals surface area (Å²) in [5, 5.41) is 6.13. The van der Waals surface area contributed by atoms with Crippen LogP contribution in [-0.4, -0.2) is 48.2 Å². The van der Waals surface area contributed by atoms with Gasteiger partial charge in [-0.2, -0.15) is 0 Å². The van der Waals surface area contributed by atoms with Crippen molar-refractivity contribution in [1.82, 2.24) is 10.1 Å². The molecule has 7 nitrogen and oxygen atoms in total. The number of anilines is 1. The van der Waals surface area contributed by atoms with Crippen molar-refractivity contribution in [3.8, 4) is 0 Å². The van der Waals surface area contributed by atoms with E-state index in [0.717, 1.165) is 0 Å². The number of nitrogens with zero attached hydrogens (tertiary/aromatic N) is 2. The second-order valence-corrected chi connectivity index (χ2v) is 4.04. The maximum atomic E-state index is 11.8. The van der Waals surface area contributed by atoms with Crippen LogP contribution in [0.3, 0.4) is 0 Å². The molecule has 0 aromatic carbocycles. The summed E-state index contributed by atoms with van der Waals surface area (Å²) in [4.78, 5) is 25.0. The number of hydrogen-bond acceptors (Lipinski definition) is 5. The van der Waals surface area contributed by atoms with Gasteiger partial charge in [-0.25, -0.2) is 0 Å². The first-order valence-corrected chi connectivity index (χ1v) is 5.74. The van der Waals surface area contributed by atoms with Crippen LogP contribution in [0.2, 0.25) is 0 Å². The minimum Gasteiger partial charge on any atom is -0.378 e. The Bertz CT molecular complexity index is 437. The lowest BCUT2D eigenvalue weighted by Gasteiger charge is -2.26. The number of aryl methyl sites for hydroxylation is 1. The van der Waals surface area contributed by atoms with Crippen molar-refractivity contribution in [2.75, 3.05) is 31.6 Å². The molecule has 0 unspecified atom stereocenters. The van der Waals surface area contributed by atoms with E-state index in [9.17, 15) is 9.59 Å². The fourth-order valence-electron chi connectivity index (χ4n) is 1.67. The highest BCUT2D eigenvalue weighted by molar-refractivity contribution is 6.03. The second-order valence-electron chi connectivity index (χ2n) is 4.04. The molecule has 1 aliphatic heterocycles. The molecule has 0 saturated carbocycles. The zero-order chi connectivity index (χ0) is 13.0. The van der Waals surface area contributed by atoms with E-state index >= 15 is 0 Å². The quantitative estimate of drug-likeness (QED) is 0.776. The third-order valence-corrected chi connectivity index (χ3v) is 2.57. The normalized spacial score (nSPS) is 15.5. The molecule has 1 aromatic rings. The van der Waals surface area contributed by atoms with Crippen LogP contribution in [0.1, 0.15) is 12.2 Å². The predicted molar refractivity (Wildman–Crippen MR) is 61.9 cm³/mol.